The van der Waals surface area contributed by atoms with E-state index in [0.29, 0.717) is 10.2 Å². The highest BCUT2D eigenvalue weighted by Crippen LogP contribution is 2.27. The average Bonchev–Trinajstić information content (AvgIpc) is 2.17. The molecule has 1 rings (SSSR count). The van der Waals surface area contributed by atoms with Crippen molar-refractivity contribution in [3.05, 3.63) is 28.2 Å². The summed E-state index contributed by atoms with van der Waals surface area (Å²) in [4.78, 5) is 22.5. The minimum atomic E-state index is -1.07. The first-order valence-corrected chi connectivity index (χ1v) is 6.02. The van der Waals surface area contributed by atoms with E-state index in [1.54, 1.807) is 32.9 Å². The summed E-state index contributed by atoms with van der Waals surface area (Å²) < 4.78 is 5.39. The van der Waals surface area contributed by atoms with Gasteiger partial charge in [0, 0.05) is 0 Å². The molecule has 0 atom stereocenters. The molecule has 0 aliphatic heterocycles. The van der Waals surface area contributed by atoms with Crippen LogP contribution in [0.25, 0.3) is 0 Å². The molecular formula is C12H14BrNO4. The third kappa shape index (κ3) is 4.03. The lowest BCUT2D eigenvalue weighted by Crippen LogP contribution is -2.27. The van der Waals surface area contributed by atoms with Crippen molar-refractivity contribution < 1.29 is 19.4 Å². The predicted octanol–water partition coefficient (Wildman–Crippen LogP) is 3.49. The number of carbonyl (C=O) groups is 2. The Morgan fingerprint density at radius 2 is 1.94 bits per heavy atom. The summed E-state index contributed by atoms with van der Waals surface area (Å²) in [5.41, 5.74) is -0.186. The lowest BCUT2D eigenvalue weighted by Gasteiger charge is -2.20. The van der Waals surface area contributed by atoms with Gasteiger partial charge in [0.2, 0.25) is 0 Å². The third-order valence-electron chi connectivity index (χ3n) is 1.86. The Labute approximate surface area is 113 Å². The fourth-order valence-electron chi connectivity index (χ4n) is 1.21. The highest BCUT2D eigenvalue weighted by Gasteiger charge is 2.18. The van der Waals surface area contributed by atoms with Crippen LogP contribution in [0.1, 0.15) is 31.1 Å². The molecule has 1 amide bonds. The smallest absolute Gasteiger partial charge is 0.412 e. The number of hydrogen-bond acceptors (Lipinski definition) is 3. The van der Waals surface area contributed by atoms with Crippen LogP contribution in [0.3, 0.4) is 0 Å². The summed E-state index contributed by atoms with van der Waals surface area (Å²) in [6, 6.07) is 4.56. The quantitative estimate of drug-likeness (QED) is 0.875. The van der Waals surface area contributed by atoms with Gasteiger partial charge in [-0.25, -0.2) is 9.59 Å². The van der Waals surface area contributed by atoms with E-state index < -0.39 is 17.7 Å². The summed E-state index contributed by atoms with van der Waals surface area (Å²) in [5.74, 6) is -1.07. The molecule has 5 nitrogen and oxygen atoms in total. The van der Waals surface area contributed by atoms with Gasteiger partial charge in [-0.15, -0.1) is 0 Å². The van der Waals surface area contributed by atoms with Crippen molar-refractivity contribution in [2.45, 2.75) is 26.4 Å². The number of halogens is 1. The van der Waals surface area contributed by atoms with Gasteiger partial charge in [0.05, 0.1) is 15.7 Å². The number of amides is 1. The second-order valence-corrected chi connectivity index (χ2v) is 5.39. The zero-order chi connectivity index (χ0) is 13.9. The lowest BCUT2D eigenvalue weighted by molar-refractivity contribution is 0.0632. The van der Waals surface area contributed by atoms with E-state index in [1.165, 1.54) is 6.07 Å². The second-order valence-electron chi connectivity index (χ2n) is 4.60. The van der Waals surface area contributed by atoms with E-state index in [4.69, 9.17) is 9.84 Å². The van der Waals surface area contributed by atoms with Crippen LogP contribution >= 0.6 is 15.9 Å². The molecule has 0 aliphatic rings. The Kier molecular flexibility index (Phi) is 4.34. The van der Waals surface area contributed by atoms with Gasteiger partial charge < -0.3 is 9.84 Å². The monoisotopic (exact) mass is 315 g/mol. The summed E-state index contributed by atoms with van der Waals surface area (Å²) in [6.45, 7) is 5.24. The Hall–Kier alpha value is -1.56. The molecule has 0 radical (unpaired) electrons. The van der Waals surface area contributed by atoms with Crippen molar-refractivity contribution in [1.29, 1.82) is 0 Å². The number of aromatic carboxylic acids is 1. The van der Waals surface area contributed by atoms with Crippen LogP contribution in [-0.2, 0) is 4.74 Å². The van der Waals surface area contributed by atoms with Crippen molar-refractivity contribution in [3.63, 3.8) is 0 Å². The van der Waals surface area contributed by atoms with Gasteiger partial charge in [-0.1, -0.05) is 6.07 Å². The van der Waals surface area contributed by atoms with Crippen LogP contribution < -0.4 is 5.32 Å². The normalized spacial score (nSPS) is 10.9. The Bertz CT molecular complexity index is 479. The number of nitrogens with one attached hydrogen (secondary N) is 1. The number of benzene rings is 1. The van der Waals surface area contributed by atoms with E-state index in [1.807, 2.05) is 0 Å². The number of carbonyl (C=O) groups excluding carboxylic acids is 1. The maximum atomic E-state index is 11.6. The number of anilines is 1. The molecule has 1 aromatic rings. The molecule has 0 fully saturated rings. The minimum absolute atomic E-state index is 0.0727. The molecule has 0 saturated heterocycles. The molecular weight excluding hydrogens is 302 g/mol. The van der Waals surface area contributed by atoms with Gasteiger partial charge in [-0.05, 0) is 48.8 Å². The standard InChI is InChI=1S/C12H14BrNO4/c1-12(2,3)18-11(17)14-8-6-4-5-7(9(8)13)10(15)16/h4-6H,1-3H3,(H,14,17)(H,15,16). The second kappa shape index (κ2) is 5.39. The molecule has 1 aromatic carbocycles. The van der Waals surface area contributed by atoms with E-state index in [-0.39, 0.29) is 5.56 Å². The fourth-order valence-corrected chi connectivity index (χ4v) is 1.74. The van der Waals surface area contributed by atoms with Crippen LogP contribution in [0.5, 0.6) is 0 Å². The van der Waals surface area contributed by atoms with Gasteiger partial charge in [0.15, 0.2) is 0 Å². The summed E-state index contributed by atoms with van der Waals surface area (Å²) in [6.07, 6.45) is -0.634. The van der Waals surface area contributed by atoms with Gasteiger partial charge in [0.25, 0.3) is 0 Å². The van der Waals surface area contributed by atoms with Crippen molar-refractivity contribution in [2.75, 3.05) is 5.32 Å². The molecule has 0 aromatic heterocycles. The molecule has 98 valence electrons. The number of carboxylic acid groups (broad SMARTS) is 1. The maximum Gasteiger partial charge on any atom is 0.412 e. The number of carboxylic acids is 1. The Morgan fingerprint density at radius 1 is 1.33 bits per heavy atom. The molecule has 0 bridgehead atoms. The Morgan fingerprint density at radius 3 is 2.44 bits per heavy atom. The highest BCUT2D eigenvalue weighted by atomic mass is 79.9. The lowest BCUT2D eigenvalue weighted by atomic mass is 10.2. The van der Waals surface area contributed by atoms with E-state index in [2.05, 4.69) is 21.2 Å². The van der Waals surface area contributed by atoms with E-state index in [9.17, 15) is 9.59 Å². The first kappa shape index (κ1) is 14.5. The predicted molar refractivity (Wildman–Crippen MR) is 71.0 cm³/mol. The van der Waals surface area contributed by atoms with E-state index in [0.717, 1.165) is 0 Å². The van der Waals surface area contributed by atoms with Crippen molar-refractivity contribution >= 4 is 33.7 Å². The van der Waals surface area contributed by atoms with Crippen LogP contribution in [0.4, 0.5) is 10.5 Å². The number of rotatable bonds is 2. The molecule has 2 N–H and O–H groups in total. The topological polar surface area (TPSA) is 75.6 Å². The zero-order valence-corrected chi connectivity index (χ0v) is 11.9. The highest BCUT2D eigenvalue weighted by molar-refractivity contribution is 9.10. The van der Waals surface area contributed by atoms with Crippen molar-refractivity contribution in [2.24, 2.45) is 0 Å². The SMILES string of the molecule is CC(C)(C)OC(=O)Nc1cccc(C(=O)O)c1Br. The van der Waals surface area contributed by atoms with Crippen LogP contribution in [0, 0.1) is 0 Å². The largest absolute Gasteiger partial charge is 0.478 e. The summed E-state index contributed by atoms with van der Waals surface area (Å²) in [7, 11) is 0. The van der Waals surface area contributed by atoms with Crippen molar-refractivity contribution in [1.82, 2.24) is 0 Å². The third-order valence-corrected chi connectivity index (χ3v) is 2.72. The van der Waals surface area contributed by atoms with Crippen LogP contribution in [0.15, 0.2) is 22.7 Å². The summed E-state index contributed by atoms with van der Waals surface area (Å²) in [5, 5.41) is 11.4. The van der Waals surface area contributed by atoms with Crippen LogP contribution in [-0.4, -0.2) is 22.8 Å². The number of ether oxygens (including phenoxy) is 1. The van der Waals surface area contributed by atoms with Gasteiger partial charge >= 0.3 is 12.1 Å². The van der Waals surface area contributed by atoms with Crippen LogP contribution in [0.2, 0.25) is 0 Å². The molecule has 0 saturated carbocycles. The first-order chi connectivity index (χ1) is 8.20. The minimum Gasteiger partial charge on any atom is -0.478 e. The molecule has 0 aliphatic carbocycles. The average molecular weight is 316 g/mol. The molecule has 18 heavy (non-hydrogen) atoms. The molecule has 0 spiro atoms. The van der Waals surface area contributed by atoms with Gasteiger partial charge in [0.1, 0.15) is 5.60 Å². The van der Waals surface area contributed by atoms with Gasteiger partial charge in [-0.3, -0.25) is 5.32 Å². The fraction of sp³-hybridized carbons (Fsp3) is 0.333. The van der Waals surface area contributed by atoms with Crippen molar-refractivity contribution in [3.8, 4) is 0 Å². The van der Waals surface area contributed by atoms with E-state index >= 15 is 0 Å². The maximum absolute atomic E-state index is 11.6. The van der Waals surface area contributed by atoms with Gasteiger partial charge in [-0.2, -0.15) is 0 Å². The first-order valence-electron chi connectivity index (χ1n) is 5.22. The molecule has 6 heteroatoms. The summed E-state index contributed by atoms with van der Waals surface area (Å²) >= 11 is 3.14. The Balaban J connectivity index is 2.89. The molecule has 0 heterocycles. The molecule has 0 unspecified atom stereocenters. The zero-order valence-electron chi connectivity index (χ0n) is 10.3. The number of hydrogen-bond donors (Lipinski definition) is 2.